The lowest BCUT2D eigenvalue weighted by Crippen LogP contribution is -2.05. The molecule has 0 unspecified atom stereocenters. The van der Waals surface area contributed by atoms with E-state index in [0.717, 1.165) is 6.07 Å². The molecule has 6 nitrogen and oxygen atoms in total. The Morgan fingerprint density at radius 2 is 1.80 bits per heavy atom. The van der Waals surface area contributed by atoms with Crippen molar-refractivity contribution in [2.45, 2.75) is 13.8 Å². The van der Waals surface area contributed by atoms with Crippen LogP contribution in [0.4, 0.5) is 0 Å². The minimum Gasteiger partial charge on any atom is -0.422 e. The molecule has 1 heterocycles. The van der Waals surface area contributed by atoms with Gasteiger partial charge in [-0.3, -0.25) is 9.05 Å². The second kappa shape index (κ2) is 6.22. The lowest BCUT2D eigenvalue weighted by molar-refractivity contribution is 0.168. The summed E-state index contributed by atoms with van der Waals surface area (Å²) in [4.78, 5) is 11.5. The zero-order chi connectivity index (χ0) is 14.6. The number of fused-ring (bicyclic) bond motifs is 1. The summed E-state index contributed by atoms with van der Waals surface area (Å²) in [5.74, 6) is 0.113. The van der Waals surface area contributed by atoms with Crippen molar-refractivity contribution in [1.82, 2.24) is 0 Å². The summed E-state index contributed by atoms with van der Waals surface area (Å²) in [6.07, 6.45) is 0. The van der Waals surface area contributed by atoms with Crippen LogP contribution in [0.15, 0.2) is 39.5 Å². The van der Waals surface area contributed by atoms with Crippen molar-refractivity contribution in [3.63, 3.8) is 0 Å². The molecular formula is C13H15O6P. The summed E-state index contributed by atoms with van der Waals surface area (Å²) in [5, 5.41) is 0.520. The van der Waals surface area contributed by atoms with Crippen LogP contribution in [-0.2, 0) is 13.6 Å². The highest BCUT2D eigenvalue weighted by Gasteiger charge is 2.28. The van der Waals surface area contributed by atoms with Crippen molar-refractivity contribution >= 4 is 18.8 Å². The molecule has 0 fully saturated rings. The largest absolute Gasteiger partial charge is 0.530 e. The SMILES string of the molecule is CCOP(=O)(OCC)Oc1cc(=O)oc2ccccc12. The van der Waals surface area contributed by atoms with E-state index in [4.69, 9.17) is 18.0 Å². The van der Waals surface area contributed by atoms with Crippen molar-refractivity contribution in [1.29, 1.82) is 0 Å². The van der Waals surface area contributed by atoms with Gasteiger partial charge in [-0.2, -0.15) is 0 Å². The van der Waals surface area contributed by atoms with E-state index in [1.165, 1.54) is 0 Å². The fourth-order valence-electron chi connectivity index (χ4n) is 1.68. The van der Waals surface area contributed by atoms with Crippen LogP contribution >= 0.6 is 7.82 Å². The van der Waals surface area contributed by atoms with Crippen LogP contribution in [-0.4, -0.2) is 13.2 Å². The number of hydrogen-bond acceptors (Lipinski definition) is 6. The molecule has 108 valence electrons. The topological polar surface area (TPSA) is 75.0 Å². The first-order chi connectivity index (χ1) is 9.58. The Hall–Kier alpha value is -1.62. The van der Waals surface area contributed by atoms with Gasteiger partial charge in [-0.15, -0.1) is 0 Å². The monoisotopic (exact) mass is 298 g/mol. The highest BCUT2D eigenvalue weighted by atomic mass is 31.2. The molecule has 0 aliphatic heterocycles. The summed E-state index contributed by atoms with van der Waals surface area (Å²) in [6, 6.07) is 7.90. The summed E-state index contributed by atoms with van der Waals surface area (Å²) in [7, 11) is -3.75. The van der Waals surface area contributed by atoms with E-state index in [1.54, 1.807) is 38.1 Å². The molecule has 0 saturated heterocycles. The van der Waals surface area contributed by atoms with Crippen LogP contribution in [0, 0.1) is 0 Å². The predicted molar refractivity (Wildman–Crippen MR) is 74.0 cm³/mol. The van der Waals surface area contributed by atoms with E-state index in [2.05, 4.69) is 0 Å². The smallest absolute Gasteiger partial charge is 0.422 e. The maximum absolute atomic E-state index is 12.3. The van der Waals surface area contributed by atoms with Crippen LogP contribution in [0.3, 0.4) is 0 Å². The van der Waals surface area contributed by atoms with E-state index in [0.29, 0.717) is 11.0 Å². The average Bonchev–Trinajstić information content (AvgIpc) is 2.38. The Kier molecular flexibility index (Phi) is 4.60. The van der Waals surface area contributed by atoms with Gasteiger partial charge < -0.3 is 8.94 Å². The Balaban J connectivity index is 2.47. The lowest BCUT2D eigenvalue weighted by Gasteiger charge is -2.17. The van der Waals surface area contributed by atoms with Crippen molar-refractivity contribution in [3.05, 3.63) is 40.8 Å². The van der Waals surface area contributed by atoms with Gasteiger partial charge in [0.1, 0.15) is 11.3 Å². The van der Waals surface area contributed by atoms with Crippen molar-refractivity contribution in [3.8, 4) is 5.75 Å². The maximum atomic E-state index is 12.3. The second-order valence-electron chi connectivity index (χ2n) is 3.80. The van der Waals surface area contributed by atoms with Gasteiger partial charge >= 0.3 is 13.4 Å². The van der Waals surface area contributed by atoms with Gasteiger partial charge in [0, 0.05) is 0 Å². The summed E-state index contributed by atoms with van der Waals surface area (Å²) in [6.45, 7) is 3.67. The Morgan fingerprint density at radius 3 is 2.45 bits per heavy atom. The number of benzene rings is 1. The zero-order valence-electron chi connectivity index (χ0n) is 11.2. The Labute approximate surface area is 115 Å². The number of phosphoric acid groups is 1. The highest BCUT2D eigenvalue weighted by molar-refractivity contribution is 7.48. The molecule has 1 aromatic heterocycles. The summed E-state index contributed by atoms with van der Waals surface area (Å²) in [5.41, 5.74) is -0.257. The van der Waals surface area contributed by atoms with E-state index in [9.17, 15) is 9.36 Å². The Morgan fingerprint density at radius 1 is 1.15 bits per heavy atom. The van der Waals surface area contributed by atoms with E-state index in [-0.39, 0.29) is 19.0 Å². The Bertz CT molecular complexity index is 683. The molecule has 0 aliphatic carbocycles. The van der Waals surface area contributed by atoms with Gasteiger partial charge in [0.15, 0.2) is 0 Å². The molecule has 0 amide bonds. The molecule has 20 heavy (non-hydrogen) atoms. The molecule has 7 heteroatoms. The van der Waals surface area contributed by atoms with Crippen LogP contribution in [0.25, 0.3) is 11.0 Å². The van der Waals surface area contributed by atoms with E-state index >= 15 is 0 Å². The summed E-state index contributed by atoms with van der Waals surface area (Å²) < 4.78 is 32.8. The van der Waals surface area contributed by atoms with Crippen molar-refractivity contribution in [2.24, 2.45) is 0 Å². The van der Waals surface area contributed by atoms with Crippen molar-refractivity contribution in [2.75, 3.05) is 13.2 Å². The molecule has 0 bridgehead atoms. The maximum Gasteiger partial charge on any atom is 0.530 e. The fourth-order valence-corrected chi connectivity index (χ4v) is 2.89. The normalized spacial score (nSPS) is 11.7. The van der Waals surface area contributed by atoms with Gasteiger partial charge in [-0.05, 0) is 26.0 Å². The second-order valence-corrected chi connectivity index (χ2v) is 5.39. The first kappa shape index (κ1) is 14.8. The molecule has 0 atom stereocenters. The quantitative estimate of drug-likeness (QED) is 0.601. The van der Waals surface area contributed by atoms with Gasteiger partial charge in [0.05, 0.1) is 24.7 Å². The minimum atomic E-state index is -3.75. The molecule has 0 radical (unpaired) electrons. The molecule has 0 N–H and O–H groups in total. The highest BCUT2D eigenvalue weighted by Crippen LogP contribution is 2.50. The minimum absolute atomic E-state index is 0.113. The molecule has 0 spiro atoms. The van der Waals surface area contributed by atoms with Gasteiger partial charge in [-0.1, -0.05) is 12.1 Å². The van der Waals surface area contributed by atoms with Gasteiger partial charge in [0.2, 0.25) is 0 Å². The standard InChI is InChI=1S/C13H15O6P/c1-3-16-20(15,17-4-2)19-12-9-13(14)18-11-8-6-5-7-10(11)12/h5-9H,3-4H2,1-2H3. The predicted octanol–water partition coefficient (Wildman–Crippen LogP) is 3.35. The number of hydrogen-bond donors (Lipinski definition) is 0. The van der Waals surface area contributed by atoms with Gasteiger partial charge in [-0.25, -0.2) is 9.36 Å². The van der Waals surface area contributed by atoms with Crippen LogP contribution in [0.5, 0.6) is 5.75 Å². The van der Waals surface area contributed by atoms with Crippen LogP contribution in [0.1, 0.15) is 13.8 Å². The van der Waals surface area contributed by atoms with Gasteiger partial charge in [0.25, 0.3) is 0 Å². The molecular weight excluding hydrogens is 283 g/mol. The third-order valence-corrected chi connectivity index (χ3v) is 3.97. The summed E-state index contributed by atoms with van der Waals surface area (Å²) >= 11 is 0. The number of phosphoric ester groups is 1. The first-order valence-corrected chi connectivity index (χ1v) is 7.65. The lowest BCUT2D eigenvalue weighted by atomic mass is 10.2. The molecule has 1 aromatic carbocycles. The number of rotatable bonds is 6. The molecule has 0 saturated carbocycles. The third kappa shape index (κ3) is 3.28. The van der Waals surface area contributed by atoms with Crippen LogP contribution in [0.2, 0.25) is 0 Å². The van der Waals surface area contributed by atoms with Crippen molar-refractivity contribution < 1.29 is 22.6 Å². The van der Waals surface area contributed by atoms with E-state index in [1.807, 2.05) is 0 Å². The number of para-hydroxylation sites is 1. The third-order valence-electron chi connectivity index (χ3n) is 2.40. The molecule has 2 aromatic rings. The fraction of sp³-hybridized carbons (Fsp3) is 0.308. The first-order valence-electron chi connectivity index (χ1n) is 6.19. The van der Waals surface area contributed by atoms with Crippen LogP contribution < -0.4 is 10.1 Å². The van der Waals surface area contributed by atoms with E-state index < -0.39 is 13.4 Å². The zero-order valence-corrected chi connectivity index (χ0v) is 12.1. The molecule has 0 aliphatic rings. The average molecular weight is 298 g/mol. The molecule has 2 rings (SSSR count).